The number of furan rings is 1. The van der Waals surface area contributed by atoms with E-state index in [1.165, 1.54) is 13.3 Å². The number of esters is 1. The fraction of sp³-hybridized carbons (Fsp3) is 0.472. The van der Waals surface area contributed by atoms with Gasteiger partial charge in [-0.3, -0.25) is 9.59 Å². The molecule has 1 N–H and O–H groups in total. The first-order chi connectivity index (χ1) is 21.8. The highest BCUT2D eigenvalue weighted by Gasteiger charge is 2.48. The number of carbonyl (C=O) groups is 3. The molecular weight excluding hydrogens is 638 g/mol. The number of amides is 2. The Bertz CT molecular complexity index is 1380. The number of carbonyl (C=O) groups excluding carboxylic acids is 3. The lowest BCUT2D eigenvalue weighted by atomic mass is 9.90. The van der Waals surface area contributed by atoms with Crippen LogP contribution < -0.4 is 0 Å². The van der Waals surface area contributed by atoms with Gasteiger partial charge in [-0.15, -0.1) is 0 Å². The number of aliphatic hydroxyl groups excluding tert-OH is 1. The van der Waals surface area contributed by atoms with Crippen LogP contribution in [0.3, 0.4) is 0 Å². The van der Waals surface area contributed by atoms with Crippen molar-refractivity contribution in [2.75, 3.05) is 6.61 Å². The molecule has 9 heteroatoms. The molecule has 0 aliphatic carbocycles. The molecule has 2 aromatic carbocycles. The predicted octanol–water partition coefficient (Wildman–Crippen LogP) is 8.27. The van der Waals surface area contributed by atoms with Crippen molar-refractivity contribution in [3.8, 4) is 0 Å². The first-order valence-corrected chi connectivity index (χ1v) is 16.8. The molecule has 0 radical (unpaired) electrons. The van der Waals surface area contributed by atoms with Crippen molar-refractivity contribution in [2.45, 2.75) is 96.3 Å². The first kappa shape index (κ1) is 34.4. The van der Waals surface area contributed by atoms with Crippen LogP contribution in [0.15, 0.2) is 75.6 Å². The van der Waals surface area contributed by atoms with Crippen LogP contribution in [0.2, 0.25) is 0 Å². The van der Waals surface area contributed by atoms with Gasteiger partial charge in [-0.2, -0.15) is 0 Å². The molecular formula is C36H44BrNO7. The fourth-order valence-corrected chi connectivity index (χ4v) is 6.43. The van der Waals surface area contributed by atoms with Gasteiger partial charge in [0.15, 0.2) is 6.10 Å². The van der Waals surface area contributed by atoms with Gasteiger partial charge in [0.2, 0.25) is 5.91 Å². The number of benzene rings is 2. The van der Waals surface area contributed by atoms with Gasteiger partial charge < -0.3 is 19.0 Å². The lowest BCUT2D eigenvalue weighted by Gasteiger charge is -2.29. The maximum Gasteiger partial charge on any atom is 0.417 e. The molecule has 0 bridgehead atoms. The topological polar surface area (TPSA) is 106 Å². The van der Waals surface area contributed by atoms with Gasteiger partial charge in [0.25, 0.3) is 0 Å². The molecule has 8 nitrogen and oxygen atoms in total. The van der Waals surface area contributed by atoms with Crippen LogP contribution in [0.5, 0.6) is 0 Å². The third-order valence-electron chi connectivity index (χ3n) is 8.28. The number of nitrogens with zero attached hydrogens (tertiary/aromatic N) is 1. The minimum absolute atomic E-state index is 0.218. The van der Waals surface area contributed by atoms with Crippen LogP contribution in [-0.2, 0) is 31.9 Å². The van der Waals surface area contributed by atoms with Crippen LogP contribution >= 0.6 is 15.9 Å². The summed E-state index contributed by atoms with van der Waals surface area (Å²) in [7, 11) is 0. The summed E-state index contributed by atoms with van der Waals surface area (Å²) in [6, 6.07) is 20.0. The second-order valence-electron chi connectivity index (χ2n) is 11.7. The number of halogens is 1. The summed E-state index contributed by atoms with van der Waals surface area (Å²) in [4.78, 5) is 41.2. The fourth-order valence-electron chi connectivity index (χ4n) is 5.93. The molecule has 242 valence electrons. The summed E-state index contributed by atoms with van der Waals surface area (Å²) in [5.41, 5.74) is 1.65. The van der Waals surface area contributed by atoms with E-state index in [-0.39, 0.29) is 13.0 Å². The van der Waals surface area contributed by atoms with E-state index >= 15 is 0 Å². The number of imide groups is 1. The van der Waals surface area contributed by atoms with Crippen molar-refractivity contribution in [3.05, 3.63) is 93.9 Å². The molecule has 0 unspecified atom stereocenters. The number of unbranched alkanes of at least 4 members (excludes halogenated alkanes) is 7. The third kappa shape index (κ3) is 9.53. The van der Waals surface area contributed by atoms with Gasteiger partial charge >= 0.3 is 12.1 Å². The van der Waals surface area contributed by atoms with Crippen molar-refractivity contribution < 1.29 is 33.4 Å². The average molecular weight is 683 g/mol. The van der Waals surface area contributed by atoms with Crippen LogP contribution in [0.1, 0.15) is 100 Å². The number of aryl methyl sites for hydroxylation is 1. The van der Waals surface area contributed by atoms with E-state index in [0.29, 0.717) is 12.2 Å². The maximum atomic E-state index is 14.4. The second kappa shape index (κ2) is 17.3. The highest BCUT2D eigenvalue weighted by Crippen LogP contribution is 2.39. The molecule has 4 atom stereocenters. The van der Waals surface area contributed by atoms with Crippen molar-refractivity contribution in [3.63, 3.8) is 0 Å². The standard InChI is InChI=1S/C36H44BrNO7/c1-25-33(28-19-13-10-14-20-28)45-36(42)38(25)35(41)29(23-27-17-11-9-12-18-27)34(43-26(2)40)32-24-30(37)31(44-32)21-15-7-5-3-4-6-8-16-22-39/h9-14,17-20,24-25,29,33-34,39H,3-8,15-16,21-23H2,1-2H3/t25-,29-,33-,34-/m1/s1. The van der Waals surface area contributed by atoms with E-state index in [0.717, 1.165) is 71.2 Å². The Morgan fingerprint density at radius 3 is 2.16 bits per heavy atom. The van der Waals surface area contributed by atoms with Gasteiger partial charge in [-0.05, 0) is 59.3 Å². The molecule has 2 heterocycles. The number of hydrogen-bond acceptors (Lipinski definition) is 7. The van der Waals surface area contributed by atoms with Crippen molar-refractivity contribution in [1.29, 1.82) is 0 Å². The maximum absolute atomic E-state index is 14.4. The summed E-state index contributed by atoms with van der Waals surface area (Å²) in [5.74, 6) is -0.913. The Hall–Kier alpha value is -3.43. The number of hydrogen-bond donors (Lipinski definition) is 1. The number of ether oxygens (including phenoxy) is 2. The molecule has 4 rings (SSSR count). The van der Waals surface area contributed by atoms with E-state index < -0.39 is 42.1 Å². The Morgan fingerprint density at radius 2 is 1.53 bits per heavy atom. The van der Waals surface area contributed by atoms with Crippen molar-refractivity contribution >= 4 is 33.9 Å². The molecule has 45 heavy (non-hydrogen) atoms. The summed E-state index contributed by atoms with van der Waals surface area (Å²) >= 11 is 3.62. The molecule has 1 aliphatic rings. The Labute approximate surface area is 274 Å². The molecule has 0 saturated carbocycles. The summed E-state index contributed by atoms with van der Waals surface area (Å²) in [6.07, 6.45) is 7.06. The first-order valence-electron chi connectivity index (χ1n) is 16.0. The Morgan fingerprint density at radius 1 is 0.933 bits per heavy atom. The normalized spacial score (nSPS) is 17.6. The molecule has 1 fully saturated rings. The van der Waals surface area contributed by atoms with Gasteiger partial charge in [-0.1, -0.05) is 99.2 Å². The van der Waals surface area contributed by atoms with Crippen molar-refractivity contribution in [2.24, 2.45) is 5.92 Å². The molecule has 0 spiro atoms. The third-order valence-corrected chi connectivity index (χ3v) is 8.95. The van der Waals surface area contributed by atoms with Crippen LogP contribution in [-0.4, -0.2) is 40.6 Å². The number of cyclic esters (lactones) is 1. The average Bonchev–Trinajstić information content (AvgIpc) is 3.55. The van der Waals surface area contributed by atoms with Gasteiger partial charge in [0.05, 0.1) is 16.4 Å². The zero-order valence-corrected chi connectivity index (χ0v) is 27.7. The zero-order valence-electron chi connectivity index (χ0n) is 26.2. The van der Waals surface area contributed by atoms with E-state index in [4.69, 9.17) is 19.0 Å². The van der Waals surface area contributed by atoms with Gasteiger partial charge in [0.1, 0.15) is 17.6 Å². The molecule has 2 amide bonds. The summed E-state index contributed by atoms with van der Waals surface area (Å²) in [5, 5.41) is 8.92. The second-order valence-corrected chi connectivity index (χ2v) is 12.6. The quantitative estimate of drug-likeness (QED) is 0.113. The Balaban J connectivity index is 1.54. The molecule has 1 aliphatic heterocycles. The molecule has 3 aromatic rings. The molecule has 1 aromatic heterocycles. The minimum Gasteiger partial charge on any atom is -0.461 e. The summed E-state index contributed by atoms with van der Waals surface area (Å²) < 4.78 is 18.6. The van der Waals surface area contributed by atoms with Crippen LogP contribution in [0, 0.1) is 5.92 Å². The number of rotatable bonds is 17. The summed E-state index contributed by atoms with van der Waals surface area (Å²) in [6.45, 7) is 3.35. The predicted molar refractivity (Wildman–Crippen MR) is 174 cm³/mol. The molecule has 1 saturated heterocycles. The SMILES string of the molecule is CC(=O)O[C@@H](c1cc(Br)c(CCCCCCCCCCO)o1)[C@@H](Cc1ccccc1)C(=O)N1C(=O)O[C@@H](c2ccccc2)[C@H]1C. The lowest BCUT2D eigenvalue weighted by Crippen LogP contribution is -2.44. The lowest BCUT2D eigenvalue weighted by molar-refractivity contribution is -0.155. The monoisotopic (exact) mass is 681 g/mol. The van der Waals surface area contributed by atoms with E-state index in [9.17, 15) is 14.4 Å². The highest BCUT2D eigenvalue weighted by atomic mass is 79.9. The van der Waals surface area contributed by atoms with Crippen LogP contribution in [0.4, 0.5) is 4.79 Å². The van der Waals surface area contributed by atoms with Crippen LogP contribution in [0.25, 0.3) is 0 Å². The largest absolute Gasteiger partial charge is 0.461 e. The van der Waals surface area contributed by atoms with E-state index in [1.807, 2.05) is 60.7 Å². The van der Waals surface area contributed by atoms with Crippen molar-refractivity contribution in [1.82, 2.24) is 4.90 Å². The van der Waals surface area contributed by atoms with E-state index in [1.54, 1.807) is 13.0 Å². The zero-order chi connectivity index (χ0) is 32.2. The highest BCUT2D eigenvalue weighted by molar-refractivity contribution is 9.10. The number of aliphatic hydroxyl groups is 1. The Kier molecular flexibility index (Phi) is 13.3. The smallest absolute Gasteiger partial charge is 0.417 e. The minimum atomic E-state index is -1.06. The van der Waals surface area contributed by atoms with Gasteiger partial charge in [-0.25, -0.2) is 9.69 Å². The van der Waals surface area contributed by atoms with E-state index in [2.05, 4.69) is 15.9 Å². The van der Waals surface area contributed by atoms with Gasteiger partial charge in [0, 0.05) is 20.0 Å².